The monoisotopic (exact) mass is 306 g/mol. The molecule has 0 fully saturated rings. The molecule has 2 aromatic carbocycles. The topological polar surface area (TPSA) is 59.3 Å². The summed E-state index contributed by atoms with van der Waals surface area (Å²) in [4.78, 5) is 16.3. The number of amides is 1. The van der Waals surface area contributed by atoms with Crippen LogP contribution in [-0.4, -0.2) is 21.2 Å². The number of aryl methyl sites for hydroxylation is 1. The molecule has 0 saturated heterocycles. The molecule has 0 saturated carbocycles. The van der Waals surface area contributed by atoms with Crippen LogP contribution in [0.2, 0.25) is 0 Å². The van der Waals surface area contributed by atoms with Gasteiger partial charge in [-0.1, -0.05) is 42.0 Å². The van der Waals surface area contributed by atoms with Gasteiger partial charge in [0, 0.05) is 0 Å². The molecule has 116 valence electrons. The van der Waals surface area contributed by atoms with E-state index in [2.05, 4.69) is 15.5 Å². The fraction of sp³-hybridized carbons (Fsp3) is 0.167. The van der Waals surface area contributed by atoms with Crippen LogP contribution in [-0.2, 0) is 11.3 Å². The third-order valence-corrected chi connectivity index (χ3v) is 3.66. The molecule has 23 heavy (non-hydrogen) atoms. The number of carbonyl (C=O) groups excluding carboxylic acids is 1. The number of rotatable bonds is 4. The predicted molar refractivity (Wildman–Crippen MR) is 91.3 cm³/mol. The summed E-state index contributed by atoms with van der Waals surface area (Å²) in [5, 5.41) is 4.17. The lowest BCUT2D eigenvalue weighted by molar-refractivity contribution is -0.121. The van der Waals surface area contributed by atoms with Gasteiger partial charge in [-0.25, -0.2) is 10.4 Å². The first kappa shape index (κ1) is 15.0. The van der Waals surface area contributed by atoms with Crippen LogP contribution in [0.4, 0.5) is 0 Å². The van der Waals surface area contributed by atoms with Crippen molar-refractivity contribution in [2.45, 2.75) is 20.4 Å². The van der Waals surface area contributed by atoms with E-state index >= 15 is 0 Å². The van der Waals surface area contributed by atoms with Crippen molar-refractivity contribution in [3.63, 3.8) is 0 Å². The normalized spacial score (nSPS) is 11.7. The van der Waals surface area contributed by atoms with Crippen LogP contribution in [0.15, 0.2) is 60.0 Å². The Labute approximate surface area is 134 Å². The number of imidazole rings is 1. The minimum absolute atomic E-state index is 0.181. The lowest BCUT2D eigenvalue weighted by Crippen LogP contribution is -2.24. The molecule has 0 aliphatic heterocycles. The standard InChI is InChI=1S/C18H18N4O/c1-13-7-9-15(10-8-13)14(2)20-21-18(23)11-22-12-19-16-5-3-4-6-17(16)22/h3-10,12H,11H2,1-2H3,(H,21,23). The Kier molecular flexibility index (Phi) is 4.19. The number of nitrogens with one attached hydrogen (secondary N) is 1. The van der Waals surface area contributed by atoms with Crippen molar-refractivity contribution in [2.24, 2.45) is 5.10 Å². The number of benzene rings is 2. The van der Waals surface area contributed by atoms with Crippen LogP contribution in [0.25, 0.3) is 11.0 Å². The van der Waals surface area contributed by atoms with Crippen molar-refractivity contribution in [3.8, 4) is 0 Å². The van der Waals surface area contributed by atoms with Crippen molar-refractivity contribution < 1.29 is 4.79 Å². The molecular weight excluding hydrogens is 288 g/mol. The molecule has 3 aromatic rings. The third-order valence-electron chi connectivity index (χ3n) is 3.66. The maximum Gasteiger partial charge on any atom is 0.260 e. The molecule has 1 heterocycles. The molecule has 1 N–H and O–H groups in total. The van der Waals surface area contributed by atoms with Gasteiger partial charge in [-0.2, -0.15) is 5.10 Å². The Morgan fingerprint density at radius 3 is 2.70 bits per heavy atom. The van der Waals surface area contributed by atoms with E-state index in [4.69, 9.17) is 0 Å². The number of fused-ring (bicyclic) bond motifs is 1. The summed E-state index contributed by atoms with van der Waals surface area (Å²) < 4.78 is 1.81. The molecule has 0 bridgehead atoms. The van der Waals surface area contributed by atoms with E-state index in [1.165, 1.54) is 5.56 Å². The number of carbonyl (C=O) groups is 1. The molecular formula is C18H18N4O. The number of hydrazone groups is 1. The van der Waals surface area contributed by atoms with Crippen LogP contribution in [0.1, 0.15) is 18.1 Å². The summed E-state index contributed by atoms with van der Waals surface area (Å²) in [7, 11) is 0. The number of aromatic nitrogens is 2. The first-order valence-electron chi connectivity index (χ1n) is 7.43. The Morgan fingerprint density at radius 2 is 1.91 bits per heavy atom. The van der Waals surface area contributed by atoms with E-state index < -0.39 is 0 Å². The first-order valence-corrected chi connectivity index (χ1v) is 7.43. The second-order valence-corrected chi connectivity index (χ2v) is 5.46. The van der Waals surface area contributed by atoms with Crippen LogP contribution in [0.3, 0.4) is 0 Å². The minimum atomic E-state index is -0.181. The second kappa shape index (κ2) is 6.44. The minimum Gasteiger partial charge on any atom is -0.321 e. The summed E-state index contributed by atoms with van der Waals surface area (Å²) in [6.07, 6.45) is 1.67. The molecule has 0 spiro atoms. The van der Waals surface area contributed by atoms with E-state index in [0.717, 1.165) is 22.3 Å². The van der Waals surface area contributed by atoms with Gasteiger partial charge in [0.1, 0.15) is 6.54 Å². The quantitative estimate of drug-likeness (QED) is 0.595. The van der Waals surface area contributed by atoms with E-state index in [9.17, 15) is 4.79 Å². The Bertz CT molecular complexity index is 862. The van der Waals surface area contributed by atoms with Crippen molar-refractivity contribution in [1.29, 1.82) is 0 Å². The molecule has 0 atom stereocenters. The zero-order chi connectivity index (χ0) is 16.2. The smallest absolute Gasteiger partial charge is 0.260 e. The summed E-state index contributed by atoms with van der Waals surface area (Å²) in [5.74, 6) is -0.181. The van der Waals surface area contributed by atoms with Gasteiger partial charge in [0.25, 0.3) is 5.91 Å². The van der Waals surface area contributed by atoms with Gasteiger partial charge in [0.15, 0.2) is 0 Å². The third kappa shape index (κ3) is 3.45. The number of para-hydroxylation sites is 2. The highest BCUT2D eigenvalue weighted by Crippen LogP contribution is 2.11. The van der Waals surface area contributed by atoms with Crippen molar-refractivity contribution in [2.75, 3.05) is 0 Å². The van der Waals surface area contributed by atoms with Crippen LogP contribution in [0.5, 0.6) is 0 Å². The average Bonchev–Trinajstić information content (AvgIpc) is 2.96. The maximum atomic E-state index is 12.1. The predicted octanol–water partition coefficient (Wildman–Crippen LogP) is 2.89. The fourth-order valence-corrected chi connectivity index (χ4v) is 2.33. The van der Waals surface area contributed by atoms with Crippen LogP contribution in [0, 0.1) is 6.92 Å². The second-order valence-electron chi connectivity index (χ2n) is 5.46. The highest BCUT2D eigenvalue weighted by atomic mass is 16.2. The van der Waals surface area contributed by atoms with Crippen molar-refractivity contribution >= 4 is 22.7 Å². The summed E-state index contributed by atoms with van der Waals surface area (Å²) >= 11 is 0. The van der Waals surface area contributed by atoms with Gasteiger partial charge >= 0.3 is 0 Å². The lowest BCUT2D eigenvalue weighted by Gasteiger charge is -2.05. The maximum absolute atomic E-state index is 12.1. The average molecular weight is 306 g/mol. The molecule has 1 aromatic heterocycles. The first-order chi connectivity index (χ1) is 11.1. The van der Waals surface area contributed by atoms with E-state index in [0.29, 0.717) is 0 Å². The Balaban J connectivity index is 1.67. The molecule has 0 unspecified atom stereocenters. The summed E-state index contributed by atoms with van der Waals surface area (Å²) in [5.41, 5.74) is 7.36. The van der Waals surface area contributed by atoms with E-state index in [1.807, 2.05) is 62.4 Å². The Hall–Kier alpha value is -2.95. The SMILES string of the molecule is CC(=NNC(=O)Cn1cnc2ccccc21)c1ccc(C)cc1. The van der Waals surface area contributed by atoms with Crippen molar-refractivity contribution in [1.82, 2.24) is 15.0 Å². The molecule has 3 rings (SSSR count). The van der Waals surface area contributed by atoms with Gasteiger partial charge in [-0.05, 0) is 31.5 Å². The number of hydrogen-bond donors (Lipinski definition) is 1. The molecule has 0 radical (unpaired) electrons. The molecule has 5 heteroatoms. The van der Waals surface area contributed by atoms with Gasteiger partial charge in [-0.3, -0.25) is 4.79 Å². The molecule has 5 nitrogen and oxygen atoms in total. The van der Waals surface area contributed by atoms with Gasteiger partial charge in [-0.15, -0.1) is 0 Å². The van der Waals surface area contributed by atoms with E-state index in [1.54, 1.807) is 10.9 Å². The highest BCUT2D eigenvalue weighted by Gasteiger charge is 2.06. The summed E-state index contributed by atoms with van der Waals surface area (Å²) in [6.45, 7) is 4.09. The molecule has 0 aliphatic rings. The lowest BCUT2D eigenvalue weighted by atomic mass is 10.1. The summed E-state index contributed by atoms with van der Waals surface area (Å²) in [6, 6.07) is 15.7. The van der Waals surface area contributed by atoms with Crippen LogP contribution < -0.4 is 5.43 Å². The fourth-order valence-electron chi connectivity index (χ4n) is 2.33. The van der Waals surface area contributed by atoms with Gasteiger partial charge in [0.2, 0.25) is 0 Å². The zero-order valence-corrected chi connectivity index (χ0v) is 13.2. The number of hydrogen-bond acceptors (Lipinski definition) is 3. The Morgan fingerprint density at radius 1 is 1.17 bits per heavy atom. The zero-order valence-electron chi connectivity index (χ0n) is 13.2. The number of nitrogens with zero attached hydrogens (tertiary/aromatic N) is 3. The molecule has 0 aliphatic carbocycles. The van der Waals surface area contributed by atoms with Gasteiger partial charge in [0.05, 0.1) is 23.1 Å². The van der Waals surface area contributed by atoms with Crippen LogP contribution >= 0.6 is 0 Å². The highest BCUT2D eigenvalue weighted by molar-refractivity contribution is 5.99. The largest absolute Gasteiger partial charge is 0.321 e. The van der Waals surface area contributed by atoms with Gasteiger partial charge < -0.3 is 4.57 Å². The molecule has 1 amide bonds. The van der Waals surface area contributed by atoms with Crippen molar-refractivity contribution in [3.05, 3.63) is 66.0 Å². The van der Waals surface area contributed by atoms with E-state index in [-0.39, 0.29) is 12.5 Å².